The number of methoxy groups -OCH3 is 2. The van der Waals surface area contributed by atoms with Gasteiger partial charge in [0.1, 0.15) is 0 Å². The molecule has 0 saturated heterocycles. The summed E-state index contributed by atoms with van der Waals surface area (Å²) in [7, 11) is 0.0272. The molecule has 4 rings (SSSR count). The van der Waals surface area contributed by atoms with Gasteiger partial charge in [-0.15, -0.1) is 0 Å². The van der Waals surface area contributed by atoms with Gasteiger partial charge < -0.3 is 9.47 Å². The quantitative estimate of drug-likeness (QED) is 0.416. The first-order valence-corrected chi connectivity index (χ1v) is 13.5. The van der Waals surface area contributed by atoms with E-state index < -0.39 is 10.0 Å². The summed E-state index contributed by atoms with van der Waals surface area (Å²) in [6, 6.07) is 18.3. The van der Waals surface area contributed by atoms with Crippen molar-refractivity contribution >= 4 is 20.8 Å². The van der Waals surface area contributed by atoms with Crippen LogP contribution in [0.5, 0.6) is 11.5 Å². The molecule has 0 bridgehead atoms. The molecule has 0 spiro atoms. The Morgan fingerprint density at radius 1 is 0.941 bits per heavy atom. The molecule has 34 heavy (non-hydrogen) atoms. The zero-order chi connectivity index (χ0) is 24.0. The van der Waals surface area contributed by atoms with Crippen molar-refractivity contribution in [3.8, 4) is 11.5 Å². The lowest BCUT2D eigenvalue weighted by Gasteiger charge is -2.29. The molecule has 1 N–H and O–H groups in total. The fraction of sp³-hybridized carbons (Fsp3) is 0.407. The third-order valence-electron chi connectivity index (χ3n) is 6.54. The molecule has 3 aromatic carbocycles. The Hall–Kier alpha value is -2.61. The fourth-order valence-electron chi connectivity index (χ4n) is 4.65. The van der Waals surface area contributed by atoms with Crippen LogP contribution in [0.4, 0.5) is 0 Å². The lowest BCUT2D eigenvalue weighted by Crippen LogP contribution is -2.32. The molecular formula is C27H34N2O4S. The Balaban J connectivity index is 1.20. The van der Waals surface area contributed by atoms with E-state index in [-0.39, 0.29) is 5.75 Å². The van der Waals surface area contributed by atoms with Gasteiger partial charge >= 0.3 is 0 Å². The third kappa shape index (κ3) is 6.09. The highest BCUT2D eigenvalue weighted by molar-refractivity contribution is 7.89. The molecule has 0 saturated carbocycles. The number of benzene rings is 3. The second kappa shape index (κ2) is 11.2. The van der Waals surface area contributed by atoms with E-state index in [0.717, 1.165) is 66.7 Å². The maximum atomic E-state index is 12.5. The van der Waals surface area contributed by atoms with Gasteiger partial charge in [-0.1, -0.05) is 42.5 Å². The number of rotatable bonds is 11. The highest BCUT2D eigenvalue weighted by Gasteiger charge is 2.19. The van der Waals surface area contributed by atoms with Crippen LogP contribution in [0.15, 0.2) is 54.6 Å². The average Bonchev–Trinajstić information content (AvgIpc) is 2.86. The van der Waals surface area contributed by atoms with Crippen LogP contribution in [0.25, 0.3) is 10.8 Å². The van der Waals surface area contributed by atoms with Crippen molar-refractivity contribution in [3.05, 3.63) is 71.3 Å². The van der Waals surface area contributed by atoms with Crippen LogP contribution < -0.4 is 14.2 Å². The van der Waals surface area contributed by atoms with E-state index in [2.05, 4.69) is 40.0 Å². The Morgan fingerprint density at radius 3 is 2.47 bits per heavy atom. The molecule has 3 aromatic rings. The van der Waals surface area contributed by atoms with Crippen molar-refractivity contribution in [1.82, 2.24) is 9.62 Å². The van der Waals surface area contributed by atoms with Crippen LogP contribution in [0.2, 0.25) is 0 Å². The van der Waals surface area contributed by atoms with Gasteiger partial charge in [0, 0.05) is 19.6 Å². The van der Waals surface area contributed by atoms with E-state index in [4.69, 9.17) is 9.47 Å². The van der Waals surface area contributed by atoms with Crippen molar-refractivity contribution in [2.45, 2.75) is 32.2 Å². The number of fused-ring (bicyclic) bond motifs is 2. The number of aryl methyl sites for hydroxylation is 1. The predicted molar refractivity (Wildman–Crippen MR) is 137 cm³/mol. The van der Waals surface area contributed by atoms with Gasteiger partial charge in [0.25, 0.3) is 0 Å². The lowest BCUT2D eigenvalue weighted by atomic mass is 9.98. The van der Waals surface area contributed by atoms with E-state index in [1.807, 2.05) is 24.3 Å². The fourth-order valence-corrected chi connectivity index (χ4v) is 5.74. The molecule has 0 unspecified atom stereocenters. The number of nitrogens with one attached hydrogen (secondary N) is 1. The molecule has 0 aromatic heterocycles. The second-order valence-corrected chi connectivity index (χ2v) is 10.7. The molecule has 0 aliphatic carbocycles. The number of unbranched alkanes of at least 4 members (excludes halogenated alkanes) is 1. The molecule has 7 heteroatoms. The number of hydrogen-bond acceptors (Lipinski definition) is 5. The van der Waals surface area contributed by atoms with E-state index in [9.17, 15) is 8.42 Å². The van der Waals surface area contributed by atoms with Crippen molar-refractivity contribution in [1.29, 1.82) is 0 Å². The highest BCUT2D eigenvalue weighted by Crippen LogP contribution is 2.33. The van der Waals surface area contributed by atoms with Crippen molar-refractivity contribution in [3.63, 3.8) is 0 Å². The van der Waals surface area contributed by atoms with Crippen LogP contribution in [0, 0.1) is 0 Å². The van der Waals surface area contributed by atoms with Crippen molar-refractivity contribution in [2.24, 2.45) is 0 Å². The topological polar surface area (TPSA) is 67.9 Å². The molecule has 182 valence electrons. The molecule has 1 heterocycles. The molecule has 6 nitrogen and oxygen atoms in total. The van der Waals surface area contributed by atoms with Crippen LogP contribution in [-0.2, 0) is 29.4 Å². The lowest BCUT2D eigenvalue weighted by molar-refractivity contribution is 0.248. The number of ether oxygens (including phenoxy) is 2. The van der Waals surface area contributed by atoms with Crippen LogP contribution in [0.3, 0.4) is 0 Å². The summed E-state index contributed by atoms with van der Waals surface area (Å²) in [6.07, 6.45) is 3.27. The maximum absolute atomic E-state index is 12.5. The van der Waals surface area contributed by atoms with Gasteiger partial charge in [0.15, 0.2) is 11.5 Å². The van der Waals surface area contributed by atoms with Crippen molar-refractivity contribution in [2.75, 3.05) is 39.6 Å². The summed E-state index contributed by atoms with van der Waals surface area (Å²) >= 11 is 0. The summed E-state index contributed by atoms with van der Waals surface area (Å²) in [4.78, 5) is 2.42. The summed E-state index contributed by atoms with van der Waals surface area (Å²) in [5.74, 6) is 1.65. The van der Waals surface area contributed by atoms with Gasteiger partial charge in [-0.05, 0) is 71.8 Å². The average molecular weight is 483 g/mol. The van der Waals surface area contributed by atoms with E-state index in [0.29, 0.717) is 13.0 Å². The first kappa shape index (κ1) is 24.5. The minimum atomic E-state index is -3.30. The third-order valence-corrected chi connectivity index (χ3v) is 7.93. The van der Waals surface area contributed by atoms with Gasteiger partial charge in [-0.25, -0.2) is 13.1 Å². The minimum Gasteiger partial charge on any atom is -0.493 e. The second-order valence-electron chi connectivity index (χ2n) is 8.81. The van der Waals surface area contributed by atoms with E-state index in [1.54, 1.807) is 14.2 Å². The number of nitrogens with zero attached hydrogens (tertiary/aromatic N) is 1. The minimum absolute atomic E-state index is 0.106. The SMILES string of the molecule is COc1cc2c(cc1OC)CN(CCCCNS(=O)(=O)CCc1cccc3ccccc13)CC2. The van der Waals surface area contributed by atoms with Crippen LogP contribution in [-0.4, -0.2) is 52.9 Å². The predicted octanol–water partition coefficient (Wildman–Crippen LogP) is 4.16. The normalized spacial score (nSPS) is 14.2. The highest BCUT2D eigenvalue weighted by atomic mass is 32.2. The maximum Gasteiger partial charge on any atom is 0.211 e. The summed E-state index contributed by atoms with van der Waals surface area (Å²) in [5, 5.41) is 2.27. The Labute approximate surface area is 202 Å². The van der Waals surface area contributed by atoms with Crippen LogP contribution in [0.1, 0.15) is 29.5 Å². The van der Waals surface area contributed by atoms with Crippen LogP contribution >= 0.6 is 0 Å². The standard InChI is InChI=1S/C27H34N2O4S/c1-32-26-18-23-12-16-29(20-24(23)19-27(26)33-2)15-6-5-14-28-34(30,31)17-13-22-10-7-9-21-8-3-4-11-25(21)22/h3-4,7-11,18-19,28H,5-6,12-17,20H2,1-2H3. The zero-order valence-electron chi connectivity index (χ0n) is 20.0. The molecule has 0 atom stereocenters. The largest absolute Gasteiger partial charge is 0.493 e. The molecule has 0 fully saturated rings. The van der Waals surface area contributed by atoms with Crippen molar-refractivity contribution < 1.29 is 17.9 Å². The molecule has 1 aliphatic rings. The molecule has 1 aliphatic heterocycles. The summed E-state index contributed by atoms with van der Waals surface area (Å²) in [5.41, 5.74) is 3.66. The molecular weight excluding hydrogens is 448 g/mol. The molecule has 0 radical (unpaired) electrons. The van der Waals surface area contributed by atoms with E-state index >= 15 is 0 Å². The summed E-state index contributed by atoms with van der Waals surface area (Å²) < 4.78 is 38.7. The Morgan fingerprint density at radius 2 is 1.68 bits per heavy atom. The van der Waals surface area contributed by atoms with E-state index in [1.165, 1.54) is 11.1 Å². The van der Waals surface area contributed by atoms with Gasteiger partial charge in [-0.3, -0.25) is 4.90 Å². The first-order chi connectivity index (χ1) is 16.5. The zero-order valence-corrected chi connectivity index (χ0v) is 20.9. The van der Waals surface area contributed by atoms with Gasteiger partial charge in [0.05, 0.1) is 20.0 Å². The monoisotopic (exact) mass is 482 g/mol. The Kier molecular flexibility index (Phi) is 8.08. The van der Waals surface area contributed by atoms with Gasteiger partial charge in [-0.2, -0.15) is 0 Å². The first-order valence-electron chi connectivity index (χ1n) is 11.9. The summed E-state index contributed by atoms with van der Waals surface area (Å²) in [6.45, 7) is 3.31. The Bertz CT molecular complexity index is 1220. The van der Waals surface area contributed by atoms with Gasteiger partial charge in [0.2, 0.25) is 10.0 Å². The molecule has 0 amide bonds. The number of hydrogen-bond donors (Lipinski definition) is 1. The number of sulfonamides is 1. The smallest absolute Gasteiger partial charge is 0.211 e.